The number of nitrogens with zero attached hydrogens (tertiary/aromatic N) is 2. The highest BCUT2D eigenvalue weighted by Crippen LogP contribution is 2.45. The van der Waals surface area contributed by atoms with E-state index in [1.165, 1.54) is 11.3 Å². The molecule has 5 heteroatoms. The van der Waals surface area contributed by atoms with Crippen LogP contribution in [0.1, 0.15) is 17.5 Å². The van der Waals surface area contributed by atoms with E-state index < -0.39 is 12.1 Å². The molecule has 110 valence electrons. The predicted molar refractivity (Wildman–Crippen MR) is 75.7 cm³/mol. The average molecular weight is 286 g/mol. The molecule has 0 aromatic heterocycles. The maximum atomic E-state index is 12.7. The minimum absolute atomic E-state index is 0.0147. The minimum atomic E-state index is -1.01. The average Bonchev–Trinajstić information content (AvgIpc) is 3.11. The molecule has 1 aliphatic carbocycles. The first-order valence-electron chi connectivity index (χ1n) is 7.48. The Morgan fingerprint density at radius 3 is 2.43 bits per heavy atom. The SMILES string of the molecule is O=C([C@@H]1Cc2ccccc2CN1C(=O)O)N1C[C@H]2C[C@H]2C1. The van der Waals surface area contributed by atoms with Crippen LogP contribution in [0.4, 0.5) is 4.79 Å². The molecule has 1 saturated carbocycles. The number of hydrogen-bond donors (Lipinski definition) is 1. The topological polar surface area (TPSA) is 60.9 Å². The first-order chi connectivity index (χ1) is 10.1. The van der Waals surface area contributed by atoms with Gasteiger partial charge < -0.3 is 10.0 Å². The zero-order chi connectivity index (χ0) is 14.6. The molecule has 0 unspecified atom stereocenters. The Bertz CT molecular complexity index is 605. The van der Waals surface area contributed by atoms with E-state index >= 15 is 0 Å². The van der Waals surface area contributed by atoms with E-state index in [1.54, 1.807) is 0 Å². The van der Waals surface area contributed by atoms with Crippen molar-refractivity contribution in [3.63, 3.8) is 0 Å². The molecule has 2 aliphatic heterocycles. The standard InChI is InChI=1S/C16H18N2O3/c19-15(17-7-12-5-13(12)8-17)14-6-10-3-1-2-4-11(10)9-18(14)16(20)21/h1-4,12-14H,5-9H2,(H,20,21)/t12-,13+,14-/m0/s1. The molecule has 1 saturated heterocycles. The fraction of sp³-hybridized carbons (Fsp3) is 0.500. The van der Waals surface area contributed by atoms with Gasteiger partial charge in [0, 0.05) is 19.5 Å². The summed E-state index contributed by atoms with van der Waals surface area (Å²) in [5.74, 6) is 1.32. The third-order valence-corrected chi connectivity index (χ3v) is 5.07. The number of likely N-dealkylation sites (tertiary alicyclic amines) is 1. The Morgan fingerprint density at radius 1 is 1.10 bits per heavy atom. The number of carbonyl (C=O) groups is 2. The van der Waals surface area contributed by atoms with E-state index in [2.05, 4.69) is 0 Å². The Balaban J connectivity index is 1.59. The fourth-order valence-corrected chi connectivity index (χ4v) is 3.73. The first kappa shape index (κ1) is 12.7. The molecule has 0 bridgehead atoms. The highest BCUT2D eigenvalue weighted by Gasteiger charge is 2.48. The number of piperidine rings is 1. The van der Waals surface area contributed by atoms with Gasteiger partial charge in [-0.15, -0.1) is 0 Å². The predicted octanol–water partition coefficient (Wildman–Crippen LogP) is 1.57. The van der Waals surface area contributed by atoms with Crippen molar-refractivity contribution in [3.8, 4) is 0 Å². The van der Waals surface area contributed by atoms with Crippen molar-refractivity contribution in [1.82, 2.24) is 9.80 Å². The molecular weight excluding hydrogens is 268 g/mol. The van der Waals surface area contributed by atoms with Crippen molar-refractivity contribution in [2.24, 2.45) is 11.8 Å². The molecule has 2 amide bonds. The van der Waals surface area contributed by atoms with Gasteiger partial charge in [0.05, 0.1) is 6.54 Å². The second-order valence-corrected chi connectivity index (χ2v) is 6.40. The van der Waals surface area contributed by atoms with Crippen molar-refractivity contribution >= 4 is 12.0 Å². The summed E-state index contributed by atoms with van der Waals surface area (Å²) in [4.78, 5) is 27.4. The summed E-state index contributed by atoms with van der Waals surface area (Å²) in [5, 5.41) is 9.44. The van der Waals surface area contributed by atoms with Crippen LogP contribution in [-0.4, -0.2) is 46.0 Å². The Morgan fingerprint density at radius 2 is 1.76 bits per heavy atom. The molecule has 0 radical (unpaired) electrons. The summed E-state index contributed by atoms with van der Waals surface area (Å²) in [6, 6.07) is 7.24. The highest BCUT2D eigenvalue weighted by atomic mass is 16.4. The Kier molecular flexibility index (Phi) is 2.71. The van der Waals surface area contributed by atoms with Crippen LogP contribution in [0, 0.1) is 11.8 Å². The molecule has 5 nitrogen and oxygen atoms in total. The number of carboxylic acid groups (broad SMARTS) is 1. The lowest BCUT2D eigenvalue weighted by Gasteiger charge is -2.36. The fourth-order valence-electron chi connectivity index (χ4n) is 3.73. The second-order valence-electron chi connectivity index (χ2n) is 6.40. The summed E-state index contributed by atoms with van der Waals surface area (Å²) in [7, 11) is 0. The molecule has 3 aliphatic rings. The lowest BCUT2D eigenvalue weighted by Crippen LogP contribution is -2.53. The highest BCUT2D eigenvalue weighted by molar-refractivity contribution is 5.86. The van der Waals surface area contributed by atoms with Crippen LogP contribution in [0.2, 0.25) is 0 Å². The number of rotatable bonds is 1. The molecule has 3 atom stereocenters. The summed E-state index contributed by atoms with van der Waals surface area (Å²) in [6.45, 7) is 1.94. The quantitative estimate of drug-likeness (QED) is 0.852. The number of fused-ring (bicyclic) bond motifs is 2. The lowest BCUT2D eigenvalue weighted by molar-refractivity contribution is -0.136. The van der Waals surface area contributed by atoms with E-state index in [4.69, 9.17) is 0 Å². The normalized spacial score (nSPS) is 29.8. The van der Waals surface area contributed by atoms with Crippen LogP contribution in [0.5, 0.6) is 0 Å². The van der Waals surface area contributed by atoms with Crippen LogP contribution < -0.4 is 0 Å². The molecule has 1 aromatic carbocycles. The molecule has 0 spiro atoms. The van der Waals surface area contributed by atoms with Crippen molar-refractivity contribution in [1.29, 1.82) is 0 Å². The summed E-state index contributed by atoms with van der Waals surface area (Å²) in [5.41, 5.74) is 2.10. The third-order valence-electron chi connectivity index (χ3n) is 5.07. The van der Waals surface area contributed by atoms with E-state index in [0.717, 1.165) is 24.2 Å². The summed E-state index contributed by atoms with van der Waals surface area (Å²) >= 11 is 0. The monoisotopic (exact) mass is 286 g/mol. The second kappa shape index (κ2) is 4.48. The molecular formula is C16H18N2O3. The summed E-state index contributed by atoms with van der Waals surface area (Å²) < 4.78 is 0. The van der Waals surface area contributed by atoms with E-state index in [1.807, 2.05) is 29.2 Å². The van der Waals surface area contributed by atoms with Crippen LogP contribution in [0.15, 0.2) is 24.3 Å². The van der Waals surface area contributed by atoms with Gasteiger partial charge in [0.2, 0.25) is 5.91 Å². The molecule has 4 rings (SSSR count). The van der Waals surface area contributed by atoms with Crippen LogP contribution in [0.25, 0.3) is 0 Å². The van der Waals surface area contributed by atoms with Crippen LogP contribution >= 0.6 is 0 Å². The van der Waals surface area contributed by atoms with Crippen molar-refractivity contribution in [2.45, 2.75) is 25.4 Å². The van der Waals surface area contributed by atoms with Crippen molar-refractivity contribution in [2.75, 3.05) is 13.1 Å². The summed E-state index contributed by atoms with van der Waals surface area (Å²) in [6.07, 6.45) is 0.722. The smallest absolute Gasteiger partial charge is 0.408 e. The number of benzene rings is 1. The zero-order valence-corrected chi connectivity index (χ0v) is 11.7. The van der Waals surface area contributed by atoms with Gasteiger partial charge in [-0.05, 0) is 29.4 Å². The number of carbonyl (C=O) groups excluding carboxylic acids is 1. The lowest BCUT2D eigenvalue weighted by atomic mass is 9.93. The van der Waals surface area contributed by atoms with Gasteiger partial charge in [-0.3, -0.25) is 9.69 Å². The van der Waals surface area contributed by atoms with Gasteiger partial charge in [0.15, 0.2) is 0 Å². The van der Waals surface area contributed by atoms with E-state index in [-0.39, 0.29) is 5.91 Å². The van der Waals surface area contributed by atoms with E-state index in [0.29, 0.717) is 24.8 Å². The van der Waals surface area contributed by atoms with Crippen molar-refractivity contribution in [3.05, 3.63) is 35.4 Å². The van der Waals surface area contributed by atoms with Crippen LogP contribution in [-0.2, 0) is 17.8 Å². The largest absolute Gasteiger partial charge is 0.465 e. The first-order valence-corrected chi connectivity index (χ1v) is 7.48. The Labute approximate surface area is 123 Å². The molecule has 1 N–H and O–H groups in total. The molecule has 1 aromatic rings. The van der Waals surface area contributed by atoms with Gasteiger partial charge in [0.1, 0.15) is 6.04 Å². The maximum absolute atomic E-state index is 12.7. The molecule has 21 heavy (non-hydrogen) atoms. The molecule has 2 heterocycles. The van der Waals surface area contributed by atoms with Gasteiger partial charge >= 0.3 is 6.09 Å². The van der Waals surface area contributed by atoms with Gasteiger partial charge in [-0.25, -0.2) is 4.79 Å². The van der Waals surface area contributed by atoms with Gasteiger partial charge in [0.25, 0.3) is 0 Å². The van der Waals surface area contributed by atoms with Gasteiger partial charge in [-0.2, -0.15) is 0 Å². The van der Waals surface area contributed by atoms with Crippen molar-refractivity contribution < 1.29 is 14.7 Å². The third kappa shape index (κ3) is 2.07. The van der Waals surface area contributed by atoms with E-state index in [9.17, 15) is 14.7 Å². The van der Waals surface area contributed by atoms with Gasteiger partial charge in [-0.1, -0.05) is 24.3 Å². The van der Waals surface area contributed by atoms with Crippen LogP contribution in [0.3, 0.4) is 0 Å². The molecule has 2 fully saturated rings. The number of amides is 2. The zero-order valence-electron chi connectivity index (χ0n) is 11.7. The minimum Gasteiger partial charge on any atom is -0.465 e. The maximum Gasteiger partial charge on any atom is 0.408 e. The number of hydrogen-bond acceptors (Lipinski definition) is 2. The Hall–Kier alpha value is -2.04.